The SMILES string of the molecule is COc1cccc(O)c1C(=O)NC1(C(C)=O)C(=O)N2[C@@H](C(=O)O)C(C)(C)S[C@@H]21. The van der Waals surface area contributed by atoms with Crippen molar-refractivity contribution in [3.8, 4) is 11.5 Å². The number of methoxy groups -OCH3 is 1. The molecule has 2 aliphatic rings. The van der Waals surface area contributed by atoms with E-state index in [1.807, 2.05) is 0 Å². The Morgan fingerprint density at radius 3 is 2.46 bits per heavy atom. The number of fused-ring (bicyclic) bond motifs is 1. The van der Waals surface area contributed by atoms with E-state index in [0.717, 1.165) is 16.7 Å². The van der Waals surface area contributed by atoms with Gasteiger partial charge in [0.25, 0.3) is 11.8 Å². The van der Waals surface area contributed by atoms with Crippen LogP contribution in [0.25, 0.3) is 0 Å². The van der Waals surface area contributed by atoms with Gasteiger partial charge in [-0.25, -0.2) is 4.79 Å². The quantitative estimate of drug-likeness (QED) is 0.477. The van der Waals surface area contributed by atoms with E-state index in [9.17, 15) is 29.4 Å². The van der Waals surface area contributed by atoms with E-state index in [4.69, 9.17) is 4.74 Å². The van der Waals surface area contributed by atoms with Crippen molar-refractivity contribution in [2.45, 2.75) is 42.5 Å². The van der Waals surface area contributed by atoms with Crippen LogP contribution in [0.15, 0.2) is 18.2 Å². The number of hydrogen-bond acceptors (Lipinski definition) is 7. The summed E-state index contributed by atoms with van der Waals surface area (Å²) in [6.07, 6.45) is 0. The van der Waals surface area contributed by atoms with Crippen LogP contribution in [0.1, 0.15) is 31.1 Å². The first kappa shape index (κ1) is 20.0. The molecule has 1 aromatic carbocycles. The number of Topliss-reactive ketones (excluding diaryl/α,β-unsaturated/α-hetero) is 1. The summed E-state index contributed by atoms with van der Waals surface area (Å²) < 4.78 is 4.22. The van der Waals surface area contributed by atoms with Gasteiger partial charge in [0.05, 0.1) is 7.11 Å². The lowest BCUT2D eigenvalue weighted by atomic mass is 9.81. The van der Waals surface area contributed by atoms with Gasteiger partial charge in [-0.1, -0.05) is 6.07 Å². The maximum absolute atomic E-state index is 12.9. The van der Waals surface area contributed by atoms with Crippen LogP contribution in [-0.2, 0) is 14.4 Å². The molecule has 0 aromatic heterocycles. The van der Waals surface area contributed by atoms with Crippen molar-refractivity contribution in [1.29, 1.82) is 0 Å². The number of thioether (sulfide) groups is 1. The van der Waals surface area contributed by atoms with Crippen LogP contribution in [0.2, 0.25) is 0 Å². The smallest absolute Gasteiger partial charge is 0.327 e. The van der Waals surface area contributed by atoms with Crippen LogP contribution < -0.4 is 10.1 Å². The van der Waals surface area contributed by atoms with Gasteiger partial charge in [0.2, 0.25) is 5.54 Å². The fraction of sp³-hybridized carbons (Fsp3) is 0.444. The Hall–Kier alpha value is -2.75. The third-order valence-electron chi connectivity index (χ3n) is 5.10. The number of β-lactam (4-membered cyclic amide) rings is 1. The Morgan fingerprint density at radius 1 is 1.29 bits per heavy atom. The summed E-state index contributed by atoms with van der Waals surface area (Å²) in [4.78, 5) is 51.1. The lowest BCUT2D eigenvalue weighted by Gasteiger charge is -2.51. The summed E-state index contributed by atoms with van der Waals surface area (Å²) >= 11 is 1.14. The van der Waals surface area contributed by atoms with E-state index in [1.165, 1.54) is 32.2 Å². The number of phenols is 1. The van der Waals surface area contributed by atoms with E-state index in [0.29, 0.717) is 0 Å². The number of aromatic hydroxyl groups is 1. The number of hydrogen-bond donors (Lipinski definition) is 3. The average molecular weight is 408 g/mol. The number of carbonyl (C=O) groups excluding carboxylic acids is 3. The van der Waals surface area contributed by atoms with Crippen LogP contribution in [0, 0.1) is 0 Å². The third-order valence-corrected chi connectivity index (χ3v) is 6.73. The number of ketones is 1. The minimum atomic E-state index is -1.91. The van der Waals surface area contributed by atoms with Gasteiger partial charge in [0.15, 0.2) is 5.78 Å². The molecule has 2 amide bonds. The topological polar surface area (TPSA) is 133 Å². The molecule has 3 rings (SSSR count). The number of ether oxygens (including phenoxy) is 1. The van der Waals surface area contributed by atoms with Crippen molar-refractivity contribution in [1.82, 2.24) is 10.2 Å². The van der Waals surface area contributed by atoms with Crippen LogP contribution in [0.5, 0.6) is 11.5 Å². The highest BCUT2D eigenvalue weighted by molar-refractivity contribution is 8.01. The standard InChI is InChI=1S/C18H20N2O7S/c1-8(21)18(19-13(23)11-9(22)6-5-7-10(11)27-4)15(26)20-12(14(24)25)17(2,3)28-16(18)20/h5-7,12,16,22H,1-4H3,(H,19,23)(H,24,25)/t12-,16+,18?/m0/s1. The molecule has 10 heteroatoms. The van der Waals surface area contributed by atoms with Crippen molar-refractivity contribution < 1.29 is 34.1 Å². The summed E-state index contributed by atoms with van der Waals surface area (Å²) in [5.74, 6) is -3.74. The van der Waals surface area contributed by atoms with Crippen molar-refractivity contribution in [3.05, 3.63) is 23.8 Å². The largest absolute Gasteiger partial charge is 0.507 e. The number of nitrogens with one attached hydrogen (secondary N) is 1. The summed E-state index contributed by atoms with van der Waals surface area (Å²) in [6, 6.07) is 3.09. The predicted octanol–water partition coefficient (Wildman–Crippen LogP) is 0.605. The number of carbonyl (C=O) groups is 4. The fourth-order valence-corrected chi connectivity index (χ4v) is 5.50. The number of benzene rings is 1. The molecule has 2 aliphatic heterocycles. The van der Waals surface area contributed by atoms with Gasteiger partial charge in [-0.2, -0.15) is 0 Å². The minimum absolute atomic E-state index is 0.0719. The number of phenolic OH excluding ortho intramolecular Hbond substituents is 1. The van der Waals surface area contributed by atoms with Gasteiger partial charge in [-0.05, 0) is 32.9 Å². The molecule has 28 heavy (non-hydrogen) atoms. The Balaban J connectivity index is 2.01. The highest BCUT2D eigenvalue weighted by Crippen LogP contribution is 2.55. The molecule has 3 N–H and O–H groups in total. The highest BCUT2D eigenvalue weighted by Gasteiger charge is 2.74. The average Bonchev–Trinajstić information content (AvgIpc) is 2.87. The Kier molecular flexibility index (Phi) is 4.57. The Bertz CT molecular complexity index is 900. The van der Waals surface area contributed by atoms with Crippen LogP contribution >= 0.6 is 11.8 Å². The van der Waals surface area contributed by atoms with Crippen molar-refractivity contribution in [3.63, 3.8) is 0 Å². The summed E-state index contributed by atoms with van der Waals surface area (Å²) in [5.41, 5.74) is -2.12. The second kappa shape index (κ2) is 6.40. The molecule has 0 spiro atoms. The number of carboxylic acids is 1. The maximum Gasteiger partial charge on any atom is 0.327 e. The second-order valence-electron chi connectivity index (χ2n) is 7.20. The van der Waals surface area contributed by atoms with E-state index >= 15 is 0 Å². The minimum Gasteiger partial charge on any atom is -0.507 e. The van der Waals surface area contributed by atoms with Crippen LogP contribution in [-0.4, -0.2) is 67.5 Å². The molecular weight excluding hydrogens is 388 g/mol. The molecule has 0 bridgehead atoms. The van der Waals surface area contributed by atoms with Crippen molar-refractivity contribution >= 4 is 35.3 Å². The van der Waals surface area contributed by atoms with Crippen LogP contribution in [0.4, 0.5) is 0 Å². The number of rotatable bonds is 5. The molecule has 0 saturated carbocycles. The molecule has 9 nitrogen and oxygen atoms in total. The first-order chi connectivity index (χ1) is 13.0. The van der Waals surface area contributed by atoms with Crippen molar-refractivity contribution in [2.24, 2.45) is 0 Å². The molecule has 0 aliphatic carbocycles. The zero-order valence-electron chi connectivity index (χ0n) is 15.7. The first-order valence-electron chi connectivity index (χ1n) is 8.42. The summed E-state index contributed by atoms with van der Waals surface area (Å²) in [7, 11) is 1.31. The van der Waals surface area contributed by atoms with E-state index in [1.54, 1.807) is 13.8 Å². The molecule has 1 unspecified atom stereocenters. The molecule has 1 aromatic rings. The normalized spacial score (nSPS) is 27.6. The fourth-order valence-electron chi connectivity index (χ4n) is 3.75. The van der Waals surface area contributed by atoms with E-state index in [2.05, 4.69) is 5.32 Å². The zero-order valence-corrected chi connectivity index (χ0v) is 16.5. The first-order valence-corrected chi connectivity index (χ1v) is 9.30. The summed E-state index contributed by atoms with van der Waals surface area (Å²) in [5, 5.41) is 21.2. The lowest BCUT2D eigenvalue weighted by molar-refractivity contribution is -0.170. The van der Waals surface area contributed by atoms with Gasteiger partial charge in [-0.15, -0.1) is 11.8 Å². The number of amides is 2. The Morgan fingerprint density at radius 2 is 1.93 bits per heavy atom. The van der Waals surface area contributed by atoms with Gasteiger partial charge in [0, 0.05) is 4.75 Å². The molecule has 2 saturated heterocycles. The van der Waals surface area contributed by atoms with Crippen LogP contribution in [0.3, 0.4) is 0 Å². The molecule has 150 valence electrons. The number of carboxylic acid groups (broad SMARTS) is 1. The second-order valence-corrected chi connectivity index (χ2v) is 8.93. The van der Waals surface area contributed by atoms with Gasteiger partial charge in [0.1, 0.15) is 28.5 Å². The molecular formula is C18H20N2O7S. The van der Waals surface area contributed by atoms with E-state index < -0.39 is 45.3 Å². The predicted molar refractivity (Wildman–Crippen MR) is 99.3 cm³/mol. The van der Waals surface area contributed by atoms with Gasteiger partial charge >= 0.3 is 5.97 Å². The number of nitrogens with zero attached hydrogens (tertiary/aromatic N) is 1. The highest BCUT2D eigenvalue weighted by atomic mass is 32.2. The summed E-state index contributed by atoms with van der Waals surface area (Å²) in [6.45, 7) is 4.50. The van der Waals surface area contributed by atoms with E-state index in [-0.39, 0.29) is 17.1 Å². The number of aliphatic carboxylic acids is 1. The molecule has 2 heterocycles. The monoisotopic (exact) mass is 408 g/mol. The third kappa shape index (κ3) is 2.55. The molecule has 2 fully saturated rings. The molecule has 0 radical (unpaired) electrons. The Labute approximate surface area is 165 Å². The maximum atomic E-state index is 12.9. The molecule has 3 atom stereocenters. The zero-order chi connectivity index (χ0) is 21.0. The van der Waals surface area contributed by atoms with Crippen molar-refractivity contribution in [2.75, 3.05) is 7.11 Å². The van der Waals surface area contributed by atoms with Gasteiger partial charge in [-0.3, -0.25) is 14.4 Å². The van der Waals surface area contributed by atoms with Gasteiger partial charge < -0.3 is 25.2 Å². The lowest BCUT2D eigenvalue weighted by Crippen LogP contribution is -2.82.